The van der Waals surface area contributed by atoms with Gasteiger partial charge >= 0.3 is 0 Å². The van der Waals surface area contributed by atoms with Gasteiger partial charge in [-0.15, -0.1) is 12.4 Å². The van der Waals surface area contributed by atoms with Gasteiger partial charge in [-0.3, -0.25) is 9.78 Å². The van der Waals surface area contributed by atoms with Crippen LogP contribution in [0.4, 0.5) is 0 Å². The summed E-state index contributed by atoms with van der Waals surface area (Å²) in [5.41, 5.74) is 7.04. The molecule has 0 spiro atoms. The zero-order chi connectivity index (χ0) is 13.5. The van der Waals surface area contributed by atoms with Crippen molar-refractivity contribution >= 4 is 18.3 Å². The summed E-state index contributed by atoms with van der Waals surface area (Å²) >= 11 is 0. The second-order valence-electron chi connectivity index (χ2n) is 5.42. The molecule has 112 valence electrons. The van der Waals surface area contributed by atoms with Crippen LogP contribution in [0.2, 0.25) is 0 Å². The van der Waals surface area contributed by atoms with Crippen LogP contribution in [0.3, 0.4) is 0 Å². The highest BCUT2D eigenvalue weighted by molar-refractivity contribution is 5.85. The van der Waals surface area contributed by atoms with Gasteiger partial charge in [-0.05, 0) is 30.0 Å². The van der Waals surface area contributed by atoms with E-state index in [9.17, 15) is 4.79 Å². The van der Waals surface area contributed by atoms with Crippen LogP contribution in [-0.4, -0.2) is 16.9 Å². The average Bonchev–Trinajstić information content (AvgIpc) is 2.47. The number of nitrogens with two attached hydrogens (primary N) is 1. The van der Waals surface area contributed by atoms with Crippen LogP contribution in [0.1, 0.15) is 44.1 Å². The predicted octanol–water partition coefficient (Wildman–Crippen LogP) is 2.42. The molecular formula is C15H24ClN3O. The summed E-state index contributed by atoms with van der Waals surface area (Å²) in [4.78, 5) is 15.9. The first-order valence-corrected chi connectivity index (χ1v) is 7.18. The van der Waals surface area contributed by atoms with Crippen molar-refractivity contribution in [3.63, 3.8) is 0 Å². The first kappa shape index (κ1) is 16.9. The van der Waals surface area contributed by atoms with Crippen LogP contribution in [-0.2, 0) is 11.3 Å². The number of pyridine rings is 1. The Hall–Kier alpha value is -1.13. The fraction of sp³-hybridized carbons (Fsp3) is 0.600. The predicted molar refractivity (Wildman–Crippen MR) is 82.5 cm³/mol. The van der Waals surface area contributed by atoms with E-state index < -0.39 is 0 Å². The van der Waals surface area contributed by atoms with Gasteiger partial charge in [0.05, 0.1) is 6.04 Å². The molecule has 1 fully saturated rings. The van der Waals surface area contributed by atoms with E-state index in [1.54, 1.807) is 12.4 Å². The van der Waals surface area contributed by atoms with Gasteiger partial charge in [0.1, 0.15) is 0 Å². The Balaban J connectivity index is 0.00000200. The van der Waals surface area contributed by atoms with Crippen molar-refractivity contribution in [1.29, 1.82) is 0 Å². The number of carbonyl (C=O) groups is 1. The third kappa shape index (κ3) is 5.47. The van der Waals surface area contributed by atoms with E-state index in [2.05, 4.69) is 10.3 Å². The fourth-order valence-electron chi connectivity index (χ4n) is 2.71. The molecule has 3 N–H and O–H groups in total. The maximum atomic E-state index is 11.9. The molecule has 1 saturated carbocycles. The van der Waals surface area contributed by atoms with Crippen molar-refractivity contribution in [2.24, 2.45) is 11.7 Å². The Bertz CT molecular complexity index is 393. The highest BCUT2D eigenvalue weighted by Gasteiger charge is 2.20. The molecule has 1 amide bonds. The number of carbonyl (C=O) groups excluding carboxylic acids is 1. The van der Waals surface area contributed by atoms with Gasteiger partial charge < -0.3 is 11.1 Å². The molecule has 0 aliphatic heterocycles. The molecular weight excluding hydrogens is 274 g/mol. The number of amides is 1. The maximum absolute atomic E-state index is 11.9. The largest absolute Gasteiger partial charge is 0.351 e. The summed E-state index contributed by atoms with van der Waals surface area (Å²) < 4.78 is 0. The van der Waals surface area contributed by atoms with Crippen LogP contribution >= 0.6 is 12.4 Å². The highest BCUT2D eigenvalue weighted by Crippen LogP contribution is 2.26. The Kier molecular flexibility index (Phi) is 7.55. The summed E-state index contributed by atoms with van der Waals surface area (Å²) in [5, 5.41) is 2.90. The number of rotatable bonds is 5. The number of nitrogens with zero attached hydrogens (tertiary/aromatic N) is 1. The second-order valence-corrected chi connectivity index (χ2v) is 5.42. The third-order valence-corrected chi connectivity index (χ3v) is 3.86. The van der Waals surface area contributed by atoms with Crippen molar-refractivity contribution in [3.05, 3.63) is 30.1 Å². The molecule has 1 heterocycles. The summed E-state index contributed by atoms with van der Waals surface area (Å²) in [6.07, 6.45) is 10.6. The highest BCUT2D eigenvalue weighted by atomic mass is 35.5. The number of halogens is 1. The van der Waals surface area contributed by atoms with Gasteiger partial charge in [0.2, 0.25) is 5.91 Å². The lowest BCUT2D eigenvalue weighted by Crippen LogP contribution is -2.41. The molecule has 2 rings (SSSR count). The lowest BCUT2D eigenvalue weighted by atomic mass is 9.85. The SMILES string of the molecule is Cl.NC(CC1CCCCC1)C(=O)NCc1ccncc1. The summed E-state index contributed by atoms with van der Waals surface area (Å²) in [5.74, 6) is 0.595. The van der Waals surface area contributed by atoms with Crippen LogP contribution < -0.4 is 11.1 Å². The molecule has 1 aromatic rings. The molecule has 1 aliphatic carbocycles. The lowest BCUT2D eigenvalue weighted by molar-refractivity contribution is -0.122. The first-order valence-electron chi connectivity index (χ1n) is 7.18. The molecule has 0 saturated heterocycles. The van der Waals surface area contributed by atoms with Crippen LogP contribution in [0, 0.1) is 5.92 Å². The zero-order valence-electron chi connectivity index (χ0n) is 11.8. The van der Waals surface area contributed by atoms with Crippen molar-refractivity contribution in [1.82, 2.24) is 10.3 Å². The Morgan fingerprint density at radius 3 is 2.60 bits per heavy atom. The smallest absolute Gasteiger partial charge is 0.237 e. The normalized spacial score (nSPS) is 17.1. The zero-order valence-corrected chi connectivity index (χ0v) is 12.6. The molecule has 1 aliphatic rings. The van der Waals surface area contributed by atoms with Crippen LogP contribution in [0.25, 0.3) is 0 Å². The van der Waals surface area contributed by atoms with Crippen LogP contribution in [0.5, 0.6) is 0 Å². The minimum atomic E-state index is -0.370. The first-order chi connectivity index (χ1) is 9.25. The van der Waals surface area contributed by atoms with E-state index in [1.807, 2.05) is 12.1 Å². The van der Waals surface area contributed by atoms with E-state index in [4.69, 9.17) is 5.73 Å². The summed E-state index contributed by atoms with van der Waals surface area (Å²) in [7, 11) is 0. The van der Waals surface area contributed by atoms with Gasteiger partial charge in [0, 0.05) is 18.9 Å². The quantitative estimate of drug-likeness (QED) is 0.877. The third-order valence-electron chi connectivity index (χ3n) is 3.86. The van der Waals surface area contributed by atoms with Crippen molar-refractivity contribution in [3.8, 4) is 0 Å². The molecule has 1 atom stereocenters. The average molecular weight is 298 g/mol. The number of aromatic nitrogens is 1. The van der Waals surface area contributed by atoms with Crippen LogP contribution in [0.15, 0.2) is 24.5 Å². The van der Waals surface area contributed by atoms with Gasteiger partial charge in [-0.2, -0.15) is 0 Å². The van der Waals surface area contributed by atoms with Crippen molar-refractivity contribution < 1.29 is 4.79 Å². The van der Waals surface area contributed by atoms with Gasteiger partial charge in [0.15, 0.2) is 0 Å². The van der Waals surface area contributed by atoms with E-state index in [-0.39, 0.29) is 24.4 Å². The van der Waals surface area contributed by atoms with E-state index in [1.165, 1.54) is 32.1 Å². The van der Waals surface area contributed by atoms with Crippen molar-refractivity contribution in [2.75, 3.05) is 0 Å². The van der Waals surface area contributed by atoms with Gasteiger partial charge in [-0.1, -0.05) is 32.1 Å². The molecule has 0 radical (unpaired) electrons. The molecule has 1 aromatic heterocycles. The standard InChI is InChI=1S/C15H23N3O.ClH/c16-14(10-12-4-2-1-3-5-12)15(19)18-11-13-6-8-17-9-7-13;/h6-9,12,14H,1-5,10-11,16H2,(H,18,19);1H. The molecule has 0 aromatic carbocycles. The van der Waals surface area contributed by atoms with Gasteiger partial charge in [-0.25, -0.2) is 0 Å². The molecule has 5 heteroatoms. The molecule has 20 heavy (non-hydrogen) atoms. The Labute approximate surface area is 126 Å². The number of nitrogens with one attached hydrogen (secondary N) is 1. The Morgan fingerprint density at radius 1 is 1.30 bits per heavy atom. The van der Waals surface area contributed by atoms with Crippen molar-refractivity contribution in [2.45, 2.75) is 51.1 Å². The molecule has 0 bridgehead atoms. The Morgan fingerprint density at radius 2 is 1.95 bits per heavy atom. The molecule has 4 nitrogen and oxygen atoms in total. The summed E-state index contributed by atoms with van der Waals surface area (Å²) in [6, 6.07) is 3.42. The van der Waals surface area contributed by atoms with E-state index in [0.717, 1.165) is 12.0 Å². The number of hydrogen-bond donors (Lipinski definition) is 2. The van der Waals surface area contributed by atoms with E-state index in [0.29, 0.717) is 12.5 Å². The maximum Gasteiger partial charge on any atom is 0.237 e. The fourth-order valence-corrected chi connectivity index (χ4v) is 2.71. The topological polar surface area (TPSA) is 68.0 Å². The van der Waals surface area contributed by atoms with E-state index >= 15 is 0 Å². The van der Waals surface area contributed by atoms with Gasteiger partial charge in [0.25, 0.3) is 0 Å². The summed E-state index contributed by atoms with van der Waals surface area (Å²) in [6.45, 7) is 0.527. The number of hydrogen-bond acceptors (Lipinski definition) is 3. The minimum Gasteiger partial charge on any atom is -0.351 e. The lowest BCUT2D eigenvalue weighted by Gasteiger charge is -2.24. The minimum absolute atomic E-state index is 0. The molecule has 1 unspecified atom stereocenters. The monoisotopic (exact) mass is 297 g/mol. The second kappa shape index (κ2) is 8.93.